The molecule has 0 atom stereocenters. The van der Waals surface area contributed by atoms with Gasteiger partial charge in [-0.2, -0.15) is 5.10 Å². The van der Waals surface area contributed by atoms with Gasteiger partial charge in [-0.1, -0.05) is 23.4 Å². The average molecular weight is 391 g/mol. The molecule has 146 valence electrons. The van der Waals surface area contributed by atoms with E-state index in [1.807, 2.05) is 25.1 Å². The Balaban J connectivity index is 1.57. The molecule has 5 rings (SSSR count). The molecule has 3 heterocycles. The van der Waals surface area contributed by atoms with Crippen LogP contribution >= 0.6 is 0 Å². The second-order valence-electron chi connectivity index (χ2n) is 6.98. The highest BCUT2D eigenvalue weighted by molar-refractivity contribution is 6.10. The van der Waals surface area contributed by atoms with E-state index >= 15 is 0 Å². The number of amides is 2. The summed E-state index contributed by atoms with van der Waals surface area (Å²) in [6, 6.07) is 11.9. The monoisotopic (exact) mass is 391 g/mol. The van der Waals surface area contributed by atoms with Crippen LogP contribution in [0.2, 0.25) is 0 Å². The molecule has 2 aromatic carbocycles. The van der Waals surface area contributed by atoms with E-state index in [9.17, 15) is 9.18 Å². The zero-order valence-electron chi connectivity index (χ0n) is 16.0. The molecule has 7 nitrogen and oxygen atoms in total. The number of rotatable bonds is 3. The summed E-state index contributed by atoms with van der Waals surface area (Å²) < 4.78 is 21.1. The molecule has 0 saturated carbocycles. The van der Waals surface area contributed by atoms with Crippen LogP contribution in [0.25, 0.3) is 16.6 Å². The van der Waals surface area contributed by atoms with Gasteiger partial charge in [-0.05, 0) is 38.1 Å². The summed E-state index contributed by atoms with van der Waals surface area (Å²) in [5.74, 6) is 0.257. The lowest BCUT2D eigenvalue weighted by Crippen LogP contribution is -2.32. The fourth-order valence-electron chi connectivity index (χ4n) is 3.92. The van der Waals surface area contributed by atoms with Gasteiger partial charge < -0.3 is 4.52 Å². The predicted molar refractivity (Wildman–Crippen MR) is 107 cm³/mol. The Labute approximate surface area is 165 Å². The lowest BCUT2D eigenvalue weighted by molar-refractivity contribution is 0.255. The number of carbonyl (C=O) groups is 1. The Morgan fingerprint density at radius 1 is 1.00 bits per heavy atom. The van der Waals surface area contributed by atoms with Gasteiger partial charge >= 0.3 is 6.03 Å². The maximum absolute atomic E-state index is 14.3. The van der Waals surface area contributed by atoms with E-state index in [1.54, 1.807) is 45.8 Å². The lowest BCUT2D eigenvalue weighted by Gasteiger charge is -2.19. The first-order chi connectivity index (χ1) is 14.1. The van der Waals surface area contributed by atoms with Crippen LogP contribution in [-0.4, -0.2) is 34.1 Å². The van der Waals surface area contributed by atoms with Gasteiger partial charge in [0.1, 0.15) is 22.9 Å². The standard InChI is InChI=1S/C21H18FN5O2/c1-13-20(14(2)29-24-13)26-11-10-25(21(26)28)17-8-5-9-18-15(17)12-23-27(18)19-7-4-3-6-16(19)22/h3-9,12H,10-11H2,1-2H3. The van der Waals surface area contributed by atoms with Gasteiger partial charge in [-0.25, -0.2) is 13.9 Å². The largest absolute Gasteiger partial charge is 0.359 e. The Morgan fingerprint density at radius 2 is 1.76 bits per heavy atom. The number of hydrogen-bond donors (Lipinski definition) is 0. The van der Waals surface area contributed by atoms with E-state index < -0.39 is 0 Å². The van der Waals surface area contributed by atoms with E-state index in [0.717, 1.165) is 16.6 Å². The van der Waals surface area contributed by atoms with Crippen molar-refractivity contribution in [3.8, 4) is 5.69 Å². The Morgan fingerprint density at radius 3 is 2.52 bits per heavy atom. The van der Waals surface area contributed by atoms with Gasteiger partial charge in [0.05, 0.1) is 17.4 Å². The Bertz CT molecular complexity index is 1230. The first kappa shape index (κ1) is 17.4. The van der Waals surface area contributed by atoms with Crippen LogP contribution in [0, 0.1) is 19.7 Å². The third kappa shape index (κ3) is 2.60. The van der Waals surface area contributed by atoms with Gasteiger partial charge in [-0.3, -0.25) is 9.80 Å². The zero-order valence-corrected chi connectivity index (χ0v) is 16.0. The smallest absolute Gasteiger partial charge is 0.329 e. The highest BCUT2D eigenvalue weighted by Gasteiger charge is 2.35. The second kappa shape index (κ2) is 6.44. The molecule has 1 saturated heterocycles. The summed E-state index contributed by atoms with van der Waals surface area (Å²) in [5.41, 5.74) is 3.24. The molecule has 1 aliphatic rings. The molecule has 1 fully saturated rings. The van der Waals surface area contributed by atoms with Gasteiger partial charge in [0, 0.05) is 18.5 Å². The first-order valence-corrected chi connectivity index (χ1v) is 9.30. The Hall–Kier alpha value is -3.68. The third-order valence-electron chi connectivity index (χ3n) is 5.24. The molecule has 0 bridgehead atoms. The van der Waals surface area contributed by atoms with Crippen molar-refractivity contribution >= 4 is 28.3 Å². The van der Waals surface area contributed by atoms with Crippen molar-refractivity contribution in [2.24, 2.45) is 0 Å². The molecule has 2 aromatic heterocycles. The van der Waals surface area contributed by atoms with Crippen molar-refractivity contribution in [2.45, 2.75) is 13.8 Å². The van der Waals surface area contributed by atoms with Crippen LogP contribution < -0.4 is 9.80 Å². The molecule has 0 spiro atoms. The summed E-state index contributed by atoms with van der Waals surface area (Å²) >= 11 is 0. The third-order valence-corrected chi connectivity index (χ3v) is 5.24. The summed E-state index contributed by atoms with van der Waals surface area (Å²) in [7, 11) is 0. The van der Waals surface area contributed by atoms with Crippen molar-refractivity contribution in [1.82, 2.24) is 14.9 Å². The van der Waals surface area contributed by atoms with Crippen LogP contribution in [0.15, 0.2) is 53.2 Å². The predicted octanol–water partition coefficient (Wildman–Crippen LogP) is 4.22. The molecule has 0 radical (unpaired) electrons. The van der Waals surface area contributed by atoms with Crippen molar-refractivity contribution < 1.29 is 13.7 Å². The first-order valence-electron chi connectivity index (χ1n) is 9.30. The van der Waals surface area contributed by atoms with Crippen molar-refractivity contribution in [3.63, 3.8) is 0 Å². The van der Waals surface area contributed by atoms with Crippen LogP contribution in [0.3, 0.4) is 0 Å². The number of anilines is 2. The fourth-order valence-corrected chi connectivity index (χ4v) is 3.92. The van der Waals surface area contributed by atoms with Crippen LogP contribution in [0.1, 0.15) is 11.5 Å². The summed E-state index contributed by atoms with van der Waals surface area (Å²) in [6.07, 6.45) is 1.67. The number of fused-ring (bicyclic) bond motifs is 1. The minimum absolute atomic E-state index is 0.148. The number of carbonyl (C=O) groups excluding carboxylic acids is 1. The maximum atomic E-state index is 14.3. The molecular formula is C21H18FN5O2. The van der Waals surface area contributed by atoms with E-state index in [0.29, 0.717) is 35.9 Å². The van der Waals surface area contributed by atoms with Crippen molar-refractivity contribution in [2.75, 3.05) is 22.9 Å². The van der Waals surface area contributed by atoms with E-state index in [2.05, 4.69) is 10.3 Å². The highest BCUT2D eigenvalue weighted by Crippen LogP contribution is 2.34. The SMILES string of the molecule is Cc1noc(C)c1N1CCN(c2cccc3c2cnn3-c2ccccc2F)C1=O. The lowest BCUT2D eigenvalue weighted by atomic mass is 10.2. The molecule has 0 N–H and O–H groups in total. The van der Waals surface area contributed by atoms with E-state index in [-0.39, 0.29) is 11.8 Å². The van der Waals surface area contributed by atoms with E-state index in [1.165, 1.54) is 6.07 Å². The zero-order chi connectivity index (χ0) is 20.1. The molecule has 29 heavy (non-hydrogen) atoms. The number of urea groups is 1. The van der Waals surface area contributed by atoms with Crippen LogP contribution in [0.5, 0.6) is 0 Å². The molecule has 4 aromatic rings. The van der Waals surface area contributed by atoms with Crippen molar-refractivity contribution in [1.29, 1.82) is 0 Å². The number of benzene rings is 2. The van der Waals surface area contributed by atoms with Crippen LogP contribution in [0.4, 0.5) is 20.6 Å². The normalized spacial score (nSPS) is 14.4. The van der Waals surface area contributed by atoms with Gasteiger partial charge in [-0.15, -0.1) is 0 Å². The van der Waals surface area contributed by atoms with E-state index in [4.69, 9.17) is 4.52 Å². The Kier molecular flexibility index (Phi) is 3.87. The average Bonchev–Trinajstić information content (AvgIpc) is 3.40. The van der Waals surface area contributed by atoms with Crippen molar-refractivity contribution in [3.05, 3.63) is 65.9 Å². The number of aromatic nitrogens is 3. The number of nitrogens with zero attached hydrogens (tertiary/aromatic N) is 5. The quantitative estimate of drug-likeness (QED) is 0.525. The van der Waals surface area contributed by atoms with Gasteiger partial charge in [0.15, 0.2) is 5.76 Å². The molecule has 0 unspecified atom stereocenters. The fraction of sp³-hybridized carbons (Fsp3) is 0.190. The minimum atomic E-state index is -0.357. The number of hydrogen-bond acceptors (Lipinski definition) is 4. The molecule has 2 amide bonds. The number of para-hydroxylation sites is 1. The molecular weight excluding hydrogens is 373 g/mol. The van der Waals surface area contributed by atoms with Gasteiger partial charge in [0.2, 0.25) is 0 Å². The topological polar surface area (TPSA) is 67.4 Å². The summed E-state index contributed by atoms with van der Waals surface area (Å²) in [5, 5.41) is 9.11. The number of aryl methyl sites for hydroxylation is 2. The second-order valence-corrected chi connectivity index (χ2v) is 6.98. The maximum Gasteiger partial charge on any atom is 0.329 e. The highest BCUT2D eigenvalue weighted by atomic mass is 19.1. The minimum Gasteiger partial charge on any atom is -0.359 e. The summed E-state index contributed by atoms with van der Waals surface area (Å²) in [4.78, 5) is 16.6. The van der Waals surface area contributed by atoms with Crippen LogP contribution in [-0.2, 0) is 0 Å². The molecule has 0 aliphatic carbocycles. The summed E-state index contributed by atoms with van der Waals surface area (Å²) in [6.45, 7) is 4.66. The molecule has 8 heteroatoms. The molecule has 1 aliphatic heterocycles. The number of halogens is 1. The van der Waals surface area contributed by atoms with Gasteiger partial charge in [0.25, 0.3) is 0 Å².